The van der Waals surface area contributed by atoms with Crippen molar-refractivity contribution in [3.05, 3.63) is 35.6 Å². The van der Waals surface area contributed by atoms with Gasteiger partial charge < -0.3 is 19.8 Å². The van der Waals surface area contributed by atoms with Crippen LogP contribution in [0.5, 0.6) is 0 Å². The number of fused-ring (bicyclic) bond motifs is 1. The summed E-state index contributed by atoms with van der Waals surface area (Å²) in [4.78, 5) is 26.6. The molecule has 182 valence electrons. The van der Waals surface area contributed by atoms with Crippen LogP contribution in [-0.2, 0) is 4.79 Å². The molecule has 3 aliphatic rings. The molecule has 1 aromatic heterocycles. The number of urea groups is 1. The normalized spacial score (nSPS) is 25.5. The summed E-state index contributed by atoms with van der Waals surface area (Å²) in [5.41, 5.74) is 2.90. The van der Waals surface area contributed by atoms with Gasteiger partial charge in [-0.05, 0) is 61.1 Å². The predicted octanol–water partition coefficient (Wildman–Crippen LogP) is 5.47. The van der Waals surface area contributed by atoms with E-state index in [9.17, 15) is 14.7 Å². The fraction of sp³-hybridized carbons (Fsp3) is 0.577. The molecule has 2 unspecified atom stereocenters. The number of benzene rings is 1. The molecule has 3 N–H and O–H groups in total. The van der Waals surface area contributed by atoms with Gasteiger partial charge in [0.1, 0.15) is 5.76 Å². The third-order valence-electron chi connectivity index (χ3n) is 7.52. The molecule has 2 aromatic rings. The van der Waals surface area contributed by atoms with E-state index in [-0.39, 0.29) is 29.7 Å². The third kappa shape index (κ3) is 4.50. The predicted molar refractivity (Wildman–Crippen MR) is 130 cm³/mol. The molecule has 3 fully saturated rings. The topological polar surface area (TPSA) is 108 Å². The van der Waals surface area contributed by atoms with Gasteiger partial charge in [0.05, 0.1) is 17.3 Å². The fourth-order valence-electron chi connectivity index (χ4n) is 5.83. The lowest BCUT2D eigenvalue weighted by molar-refractivity contribution is -0.140. The van der Waals surface area contributed by atoms with Gasteiger partial charge in [-0.2, -0.15) is 0 Å². The van der Waals surface area contributed by atoms with E-state index < -0.39 is 5.97 Å². The number of hydrogen-bond acceptors (Lipinski definition) is 5. The molecule has 5 rings (SSSR count). The van der Waals surface area contributed by atoms with E-state index in [2.05, 4.69) is 52.7 Å². The van der Waals surface area contributed by atoms with Crippen molar-refractivity contribution in [2.24, 2.45) is 23.7 Å². The monoisotopic (exact) mass is 466 g/mol. The lowest BCUT2D eigenvalue weighted by atomic mass is 9.92. The van der Waals surface area contributed by atoms with Crippen LogP contribution < -0.4 is 15.5 Å². The van der Waals surface area contributed by atoms with Crippen LogP contribution in [0.25, 0.3) is 0 Å². The number of carboxylic acid groups (broad SMARTS) is 1. The maximum absolute atomic E-state index is 12.9. The van der Waals surface area contributed by atoms with Crippen LogP contribution in [0.1, 0.15) is 63.2 Å². The number of amides is 2. The Morgan fingerprint density at radius 1 is 1.15 bits per heavy atom. The number of rotatable bonds is 8. The summed E-state index contributed by atoms with van der Waals surface area (Å²) in [6, 6.07) is 8.06. The van der Waals surface area contributed by atoms with E-state index in [1.54, 1.807) is 13.0 Å². The zero-order valence-electron chi connectivity index (χ0n) is 20.1. The van der Waals surface area contributed by atoms with Gasteiger partial charge in [0, 0.05) is 18.7 Å². The molecular weight excluding hydrogens is 432 g/mol. The number of carbonyl (C=O) groups excluding carboxylic acids is 1. The SMILES string of the molecule is Cc1cc(NC(=O)Nc2cc([C@H]3C4C3[C@@H]4C(=O)O)ccc2N(CC(C)C)C2CCCCC2)no1. The quantitative estimate of drug-likeness (QED) is 0.476. The summed E-state index contributed by atoms with van der Waals surface area (Å²) in [7, 11) is 0. The average molecular weight is 467 g/mol. The average Bonchev–Trinajstić information content (AvgIpc) is 3.66. The number of carbonyl (C=O) groups is 2. The lowest BCUT2D eigenvalue weighted by Gasteiger charge is -2.38. The van der Waals surface area contributed by atoms with Gasteiger partial charge in [-0.25, -0.2) is 4.79 Å². The molecule has 8 heteroatoms. The summed E-state index contributed by atoms with van der Waals surface area (Å²) < 4.78 is 5.06. The van der Waals surface area contributed by atoms with Gasteiger partial charge in [0.25, 0.3) is 0 Å². The van der Waals surface area contributed by atoms with E-state index in [0.29, 0.717) is 23.5 Å². The van der Waals surface area contributed by atoms with Crippen LogP contribution in [0.15, 0.2) is 28.8 Å². The zero-order valence-corrected chi connectivity index (χ0v) is 20.1. The van der Waals surface area contributed by atoms with Crippen LogP contribution in [0.2, 0.25) is 0 Å². The maximum Gasteiger partial charge on any atom is 0.325 e. The first-order valence-corrected chi connectivity index (χ1v) is 12.5. The number of aliphatic carboxylic acids is 1. The number of anilines is 3. The Kier molecular flexibility index (Phi) is 6.00. The summed E-state index contributed by atoms with van der Waals surface area (Å²) >= 11 is 0. The van der Waals surface area contributed by atoms with Crippen LogP contribution in [-0.4, -0.2) is 34.9 Å². The fourth-order valence-corrected chi connectivity index (χ4v) is 5.83. The number of hydrogen-bond donors (Lipinski definition) is 3. The van der Waals surface area contributed by atoms with Crippen molar-refractivity contribution < 1.29 is 19.2 Å². The first-order valence-electron chi connectivity index (χ1n) is 12.5. The molecule has 0 aliphatic heterocycles. The highest BCUT2D eigenvalue weighted by molar-refractivity contribution is 6.01. The highest BCUT2D eigenvalue weighted by atomic mass is 16.5. The minimum Gasteiger partial charge on any atom is -0.481 e. The van der Waals surface area contributed by atoms with Crippen LogP contribution in [0.3, 0.4) is 0 Å². The van der Waals surface area contributed by atoms with Gasteiger partial charge in [-0.1, -0.05) is 44.3 Å². The first kappa shape index (κ1) is 22.7. The smallest absolute Gasteiger partial charge is 0.325 e. The second kappa shape index (κ2) is 8.96. The third-order valence-corrected chi connectivity index (χ3v) is 7.52. The molecule has 0 radical (unpaired) electrons. The van der Waals surface area contributed by atoms with E-state index in [1.165, 1.54) is 19.3 Å². The molecule has 2 amide bonds. The van der Waals surface area contributed by atoms with E-state index in [4.69, 9.17) is 4.52 Å². The lowest BCUT2D eigenvalue weighted by Crippen LogP contribution is -2.40. The number of aromatic nitrogens is 1. The van der Waals surface area contributed by atoms with Gasteiger partial charge in [-0.15, -0.1) is 0 Å². The van der Waals surface area contributed by atoms with Gasteiger partial charge in [0.2, 0.25) is 0 Å². The number of nitrogens with one attached hydrogen (secondary N) is 2. The van der Waals surface area contributed by atoms with E-state index >= 15 is 0 Å². The molecule has 3 aliphatic carbocycles. The molecule has 0 spiro atoms. The Morgan fingerprint density at radius 2 is 1.88 bits per heavy atom. The van der Waals surface area contributed by atoms with Crippen molar-refractivity contribution in [3.63, 3.8) is 0 Å². The van der Waals surface area contributed by atoms with Crippen molar-refractivity contribution in [1.29, 1.82) is 0 Å². The second-order valence-corrected chi connectivity index (χ2v) is 10.6. The zero-order chi connectivity index (χ0) is 24.0. The van der Waals surface area contributed by atoms with Crippen molar-refractivity contribution in [2.75, 3.05) is 22.1 Å². The van der Waals surface area contributed by atoms with Gasteiger partial charge in [0.15, 0.2) is 5.82 Å². The van der Waals surface area contributed by atoms with Crippen molar-refractivity contribution in [1.82, 2.24) is 5.16 Å². The van der Waals surface area contributed by atoms with Crippen molar-refractivity contribution in [2.45, 2.75) is 64.8 Å². The Bertz CT molecular complexity index is 1060. The molecule has 2 atom stereocenters. The van der Waals surface area contributed by atoms with E-state index in [0.717, 1.165) is 36.3 Å². The highest BCUT2D eigenvalue weighted by Crippen LogP contribution is 2.77. The van der Waals surface area contributed by atoms with Crippen LogP contribution in [0, 0.1) is 30.6 Å². The van der Waals surface area contributed by atoms with Crippen LogP contribution >= 0.6 is 0 Å². The molecule has 0 saturated heterocycles. The number of aryl methyl sites for hydroxylation is 1. The van der Waals surface area contributed by atoms with Gasteiger partial charge >= 0.3 is 12.0 Å². The molecule has 1 aromatic carbocycles. The minimum absolute atomic E-state index is 0.195. The van der Waals surface area contributed by atoms with Gasteiger partial charge in [-0.3, -0.25) is 10.1 Å². The Labute approximate surface area is 200 Å². The molecular formula is C26H34N4O4. The minimum atomic E-state index is -0.691. The summed E-state index contributed by atoms with van der Waals surface area (Å²) in [6.45, 7) is 7.14. The first-order chi connectivity index (χ1) is 16.3. The summed E-state index contributed by atoms with van der Waals surface area (Å²) in [5, 5.41) is 19.0. The standard InChI is InChI=1S/C26H34N4O4/c1-14(2)13-30(17-7-5-4-6-8-17)19-10-9-16(21-22-23(21)24(22)25(31)32)12-18(19)27-26(33)28-20-11-15(3)34-29-20/h9-12,14,17,21-24H,4-8,13H2,1-3H3,(H,31,32)(H2,27,28,29,33)/t21-,22?,23?,24+. The molecule has 1 heterocycles. The van der Waals surface area contributed by atoms with Crippen molar-refractivity contribution in [3.8, 4) is 0 Å². The maximum atomic E-state index is 12.9. The molecule has 8 nitrogen and oxygen atoms in total. The Balaban J connectivity index is 1.41. The highest BCUT2D eigenvalue weighted by Gasteiger charge is 2.76. The largest absolute Gasteiger partial charge is 0.481 e. The number of carboxylic acids is 1. The molecule has 0 bridgehead atoms. The summed E-state index contributed by atoms with van der Waals surface area (Å²) in [5.74, 6) is 1.36. The Hall–Kier alpha value is -3.03. The Morgan fingerprint density at radius 3 is 2.50 bits per heavy atom. The van der Waals surface area contributed by atoms with E-state index in [1.807, 2.05) is 0 Å². The molecule has 34 heavy (non-hydrogen) atoms. The number of nitrogens with zero attached hydrogens (tertiary/aromatic N) is 2. The second-order valence-electron chi connectivity index (χ2n) is 10.6. The van der Waals surface area contributed by atoms with Crippen LogP contribution in [0.4, 0.5) is 22.0 Å². The molecule has 3 saturated carbocycles. The van der Waals surface area contributed by atoms with Crippen molar-refractivity contribution >= 4 is 29.2 Å². The summed E-state index contributed by atoms with van der Waals surface area (Å²) in [6.07, 6.45) is 6.06.